The fourth-order valence-corrected chi connectivity index (χ4v) is 9.48. The zero-order valence-corrected chi connectivity index (χ0v) is 34.0. The zero-order valence-electron chi connectivity index (χ0n) is 33.2. The number of benzene rings is 4. The average Bonchev–Trinajstić information content (AvgIpc) is 3.78. The number of anilines is 2. The third-order valence-electron chi connectivity index (χ3n) is 11.9. The number of nitro benzene ring substituents is 1. The lowest BCUT2D eigenvalue weighted by atomic mass is 9.93. The molecular formula is C46H46N6O7S. The molecule has 4 heterocycles. The molecule has 1 aliphatic carbocycles. The van der Waals surface area contributed by atoms with Gasteiger partial charge in [0.15, 0.2) is 0 Å². The molecule has 60 heavy (non-hydrogen) atoms. The molecule has 14 heteroatoms. The van der Waals surface area contributed by atoms with Crippen LogP contribution in [-0.2, 0) is 14.8 Å². The van der Waals surface area contributed by atoms with Crippen molar-refractivity contribution in [2.75, 3.05) is 36.5 Å². The van der Waals surface area contributed by atoms with Gasteiger partial charge in [0.05, 0.1) is 27.6 Å². The van der Waals surface area contributed by atoms with Crippen molar-refractivity contribution in [1.82, 2.24) is 14.7 Å². The van der Waals surface area contributed by atoms with Crippen LogP contribution in [0.2, 0.25) is 0 Å². The predicted octanol–water partition coefficient (Wildman–Crippen LogP) is 9.41. The Morgan fingerprint density at radius 3 is 2.52 bits per heavy atom. The first-order valence-corrected chi connectivity index (χ1v) is 22.0. The van der Waals surface area contributed by atoms with E-state index in [1.165, 1.54) is 53.9 Å². The molecule has 0 radical (unpaired) electrons. The van der Waals surface area contributed by atoms with Crippen LogP contribution in [0.15, 0.2) is 108 Å². The van der Waals surface area contributed by atoms with Gasteiger partial charge in [-0.25, -0.2) is 18.1 Å². The fourth-order valence-electron chi connectivity index (χ4n) is 8.49. The maximum atomic E-state index is 13.9. The van der Waals surface area contributed by atoms with Crippen molar-refractivity contribution in [3.8, 4) is 22.6 Å². The number of aryl methyl sites for hydroxylation is 1. The third kappa shape index (κ3) is 8.30. The van der Waals surface area contributed by atoms with Gasteiger partial charge in [-0.1, -0.05) is 42.0 Å². The Morgan fingerprint density at radius 1 is 0.933 bits per heavy atom. The van der Waals surface area contributed by atoms with Crippen molar-refractivity contribution < 1.29 is 27.6 Å². The van der Waals surface area contributed by atoms with Crippen LogP contribution in [0.3, 0.4) is 0 Å². The lowest BCUT2D eigenvalue weighted by molar-refractivity contribution is -0.384. The second-order valence-corrected chi connectivity index (χ2v) is 17.7. The molecule has 1 saturated carbocycles. The van der Waals surface area contributed by atoms with Gasteiger partial charge in [-0.2, -0.15) is 0 Å². The normalized spacial score (nSPS) is 17.1. The van der Waals surface area contributed by atoms with Crippen molar-refractivity contribution >= 4 is 44.0 Å². The number of sulfonamides is 1. The molecule has 1 atom stereocenters. The Balaban J connectivity index is 0.983. The van der Waals surface area contributed by atoms with Crippen LogP contribution in [0.4, 0.5) is 17.1 Å². The summed E-state index contributed by atoms with van der Waals surface area (Å²) in [6, 6.07) is 27.7. The molecule has 3 fully saturated rings. The number of amides is 1. The largest absolute Gasteiger partial charge is 0.455 e. The Hall–Kier alpha value is -6.25. The third-order valence-corrected chi connectivity index (χ3v) is 13.2. The van der Waals surface area contributed by atoms with E-state index < -0.39 is 31.4 Å². The number of fused-ring (bicyclic) bond motifs is 1. The minimum absolute atomic E-state index is 0.0538. The summed E-state index contributed by atoms with van der Waals surface area (Å²) in [5.41, 5.74) is 7.35. The SMILES string of the molecule is Cc1ccc(C2CC2)c(C2CCCN2c2ccc(-c3ccc(C(=O)NS(=O)(=O)c4ccc(NCC5CCOCC5)c([N+](=O)[O-])c4)c(Oc4cnc5[nH]ccc5c4)c3)cc2)c1. The predicted molar refractivity (Wildman–Crippen MR) is 230 cm³/mol. The Morgan fingerprint density at radius 2 is 1.73 bits per heavy atom. The summed E-state index contributed by atoms with van der Waals surface area (Å²) >= 11 is 0. The summed E-state index contributed by atoms with van der Waals surface area (Å²) in [5.74, 6) is 0.416. The molecule has 1 amide bonds. The second-order valence-electron chi connectivity index (χ2n) is 16.0. The molecule has 2 aliphatic heterocycles. The monoisotopic (exact) mass is 826 g/mol. The first-order chi connectivity index (χ1) is 29.1. The van der Waals surface area contributed by atoms with Crippen LogP contribution in [0.1, 0.15) is 77.5 Å². The number of nitrogens with one attached hydrogen (secondary N) is 3. The van der Waals surface area contributed by atoms with Crippen LogP contribution in [0.5, 0.6) is 11.5 Å². The van der Waals surface area contributed by atoms with Crippen molar-refractivity contribution in [3.05, 3.63) is 136 Å². The minimum Gasteiger partial charge on any atom is -0.455 e. The maximum Gasteiger partial charge on any atom is 0.293 e. The highest BCUT2D eigenvalue weighted by Gasteiger charge is 2.33. The van der Waals surface area contributed by atoms with Gasteiger partial charge in [0.25, 0.3) is 21.6 Å². The molecule has 4 aromatic carbocycles. The van der Waals surface area contributed by atoms with Gasteiger partial charge in [0, 0.05) is 49.6 Å². The number of aromatic amines is 1. The first kappa shape index (κ1) is 39.2. The summed E-state index contributed by atoms with van der Waals surface area (Å²) < 4.78 is 41.1. The molecule has 9 rings (SSSR count). The quantitative estimate of drug-likeness (QED) is 0.0754. The highest BCUT2D eigenvalue weighted by molar-refractivity contribution is 7.90. The molecular weight excluding hydrogens is 781 g/mol. The van der Waals surface area contributed by atoms with Crippen molar-refractivity contribution in [2.24, 2.45) is 5.92 Å². The maximum absolute atomic E-state index is 13.9. The van der Waals surface area contributed by atoms with Gasteiger partial charge in [-0.15, -0.1) is 0 Å². The van der Waals surface area contributed by atoms with E-state index in [2.05, 4.69) is 74.3 Å². The number of carbonyl (C=O) groups is 1. The van der Waals surface area contributed by atoms with E-state index in [1.807, 2.05) is 6.07 Å². The molecule has 3 N–H and O–H groups in total. The number of hydrogen-bond donors (Lipinski definition) is 3. The lowest BCUT2D eigenvalue weighted by Crippen LogP contribution is -2.31. The van der Waals surface area contributed by atoms with Crippen LogP contribution in [0.25, 0.3) is 22.2 Å². The van der Waals surface area contributed by atoms with E-state index in [1.54, 1.807) is 24.4 Å². The van der Waals surface area contributed by atoms with E-state index in [0.29, 0.717) is 43.1 Å². The van der Waals surface area contributed by atoms with Crippen LogP contribution >= 0.6 is 0 Å². The van der Waals surface area contributed by atoms with Gasteiger partial charge in [0.1, 0.15) is 22.8 Å². The summed E-state index contributed by atoms with van der Waals surface area (Å²) in [6.45, 7) is 4.87. The number of nitro groups is 1. The number of hydrogen-bond acceptors (Lipinski definition) is 10. The van der Waals surface area contributed by atoms with Crippen molar-refractivity contribution in [1.29, 1.82) is 0 Å². The molecule has 1 unspecified atom stereocenters. The zero-order chi connectivity index (χ0) is 41.4. The number of H-pyrrole nitrogens is 1. The van der Waals surface area contributed by atoms with Gasteiger partial charge >= 0.3 is 0 Å². The summed E-state index contributed by atoms with van der Waals surface area (Å²) in [7, 11) is -4.56. The molecule has 308 valence electrons. The topological polar surface area (TPSA) is 169 Å². The lowest BCUT2D eigenvalue weighted by Gasteiger charge is -2.29. The van der Waals surface area contributed by atoms with Gasteiger partial charge in [0.2, 0.25) is 0 Å². The van der Waals surface area contributed by atoms with Gasteiger partial charge in [-0.05, 0) is 128 Å². The van der Waals surface area contributed by atoms with E-state index in [9.17, 15) is 23.3 Å². The first-order valence-electron chi connectivity index (χ1n) is 20.5. The van der Waals surface area contributed by atoms with E-state index in [-0.39, 0.29) is 22.9 Å². The Labute approximate surface area is 348 Å². The molecule has 2 aromatic heterocycles. The highest BCUT2D eigenvalue weighted by atomic mass is 32.2. The van der Waals surface area contributed by atoms with Gasteiger partial charge < -0.3 is 24.7 Å². The summed E-state index contributed by atoms with van der Waals surface area (Å²) in [4.78, 5) is 34.9. The Kier molecular flexibility index (Phi) is 10.7. The number of nitrogens with zero attached hydrogens (tertiary/aromatic N) is 3. The molecule has 0 spiro atoms. The van der Waals surface area contributed by atoms with Gasteiger partial charge in [-0.3, -0.25) is 14.9 Å². The Bertz CT molecular complexity index is 2690. The molecule has 0 bridgehead atoms. The number of ether oxygens (including phenoxy) is 2. The van der Waals surface area contributed by atoms with Crippen LogP contribution < -0.4 is 19.7 Å². The van der Waals surface area contributed by atoms with Crippen molar-refractivity contribution in [3.63, 3.8) is 0 Å². The molecule has 6 aromatic rings. The standard InChI is InChI=1S/C46H46N6O7S/c1-29-4-13-38(32-5-6-32)40(23-29)42-3-2-20-51(42)35-10-7-31(8-11-35)33-9-14-39(44(25-33)59-36-24-34-16-19-47-45(34)49-28-36)46(53)50-60(56,57)37-12-15-41(43(26-37)52(54)55)48-27-30-17-21-58-22-18-30/h4,7-16,19,23-26,28,30,32,42,48H,2-3,5-6,17-18,20-22,27H2,1H3,(H,47,49)(H,50,53). The molecule has 2 saturated heterocycles. The number of pyridine rings is 1. The average molecular weight is 827 g/mol. The van der Waals surface area contributed by atoms with Crippen LogP contribution in [0, 0.1) is 23.0 Å². The van der Waals surface area contributed by atoms with E-state index >= 15 is 0 Å². The smallest absolute Gasteiger partial charge is 0.293 e. The molecule has 3 aliphatic rings. The second kappa shape index (κ2) is 16.4. The fraction of sp³-hybridized carbons (Fsp3) is 0.304. The van der Waals surface area contributed by atoms with E-state index in [4.69, 9.17) is 9.47 Å². The highest BCUT2D eigenvalue weighted by Crippen LogP contribution is 2.47. The summed E-state index contributed by atoms with van der Waals surface area (Å²) in [5, 5.41) is 16.0. The number of carbonyl (C=O) groups excluding carboxylic acids is 1. The number of rotatable bonds is 13. The molecule has 13 nitrogen and oxygen atoms in total. The van der Waals surface area contributed by atoms with E-state index in [0.717, 1.165) is 60.5 Å². The number of aromatic nitrogens is 2. The summed E-state index contributed by atoms with van der Waals surface area (Å²) in [6.07, 6.45) is 9.65. The van der Waals surface area contributed by atoms with Crippen molar-refractivity contribution in [2.45, 2.75) is 62.3 Å². The minimum atomic E-state index is -4.56. The van der Waals surface area contributed by atoms with Crippen LogP contribution in [-0.4, -0.2) is 55.5 Å².